The maximum Gasteiger partial charge on any atom is 0.325 e. The Morgan fingerprint density at radius 3 is 2.70 bits per heavy atom. The highest BCUT2D eigenvalue weighted by Gasteiger charge is 2.30. The van der Waals surface area contributed by atoms with Crippen LogP contribution < -0.4 is 10.2 Å². The fraction of sp³-hybridized carbons (Fsp3) is 0.250. The molecule has 138 valence electrons. The molecule has 0 aliphatic carbocycles. The number of nitrogens with zero attached hydrogens (tertiary/aromatic N) is 3. The first-order valence-electron chi connectivity index (χ1n) is 8.84. The number of urea groups is 1. The summed E-state index contributed by atoms with van der Waals surface area (Å²) in [5.74, 6) is -0.173. The molecular weight excluding hydrogens is 360 g/mol. The number of rotatable bonds is 5. The van der Waals surface area contributed by atoms with Crippen molar-refractivity contribution in [2.24, 2.45) is 0 Å². The van der Waals surface area contributed by atoms with Gasteiger partial charge in [-0.1, -0.05) is 29.8 Å². The van der Waals surface area contributed by atoms with Gasteiger partial charge in [-0.15, -0.1) is 11.3 Å². The lowest BCUT2D eigenvalue weighted by Crippen LogP contribution is -2.39. The van der Waals surface area contributed by atoms with E-state index in [1.807, 2.05) is 55.5 Å². The second kappa shape index (κ2) is 7.36. The Morgan fingerprint density at radius 1 is 1.15 bits per heavy atom. The first-order valence-corrected chi connectivity index (χ1v) is 9.66. The van der Waals surface area contributed by atoms with Crippen molar-refractivity contribution >= 4 is 39.2 Å². The predicted molar refractivity (Wildman–Crippen MR) is 107 cm³/mol. The zero-order valence-corrected chi connectivity index (χ0v) is 15.8. The van der Waals surface area contributed by atoms with Gasteiger partial charge in [0.2, 0.25) is 5.91 Å². The number of fused-ring (bicyclic) bond motifs is 1. The highest BCUT2D eigenvalue weighted by Crippen LogP contribution is 2.22. The number of benzene rings is 2. The normalized spacial score (nSPS) is 14.2. The number of hydrogen-bond donors (Lipinski definition) is 1. The van der Waals surface area contributed by atoms with Crippen LogP contribution in [0, 0.1) is 6.92 Å². The van der Waals surface area contributed by atoms with E-state index in [9.17, 15) is 9.59 Å². The van der Waals surface area contributed by atoms with Crippen LogP contribution in [0.3, 0.4) is 0 Å². The van der Waals surface area contributed by atoms with Crippen LogP contribution in [0.25, 0.3) is 10.2 Å². The number of para-hydroxylation sites is 1. The summed E-state index contributed by atoms with van der Waals surface area (Å²) in [4.78, 5) is 32.6. The maximum absolute atomic E-state index is 12.6. The second-order valence-electron chi connectivity index (χ2n) is 6.54. The highest BCUT2D eigenvalue weighted by atomic mass is 32.1. The van der Waals surface area contributed by atoms with E-state index in [1.165, 1.54) is 0 Å². The molecule has 0 atom stereocenters. The topological polar surface area (TPSA) is 65.5 Å². The number of anilines is 1. The third-order valence-electron chi connectivity index (χ3n) is 4.55. The Kier molecular flexibility index (Phi) is 4.77. The Balaban J connectivity index is 1.33. The molecule has 0 bridgehead atoms. The van der Waals surface area contributed by atoms with Crippen molar-refractivity contribution in [1.29, 1.82) is 0 Å². The highest BCUT2D eigenvalue weighted by molar-refractivity contribution is 7.18. The molecule has 1 aliphatic rings. The van der Waals surface area contributed by atoms with E-state index >= 15 is 0 Å². The van der Waals surface area contributed by atoms with Gasteiger partial charge in [-0.2, -0.15) is 0 Å². The van der Waals surface area contributed by atoms with Crippen LogP contribution in [-0.2, 0) is 11.3 Å². The molecule has 1 fully saturated rings. The van der Waals surface area contributed by atoms with Crippen LogP contribution in [-0.4, -0.2) is 41.5 Å². The Hall–Kier alpha value is -2.93. The van der Waals surface area contributed by atoms with Crippen molar-refractivity contribution in [3.05, 3.63) is 59.1 Å². The van der Waals surface area contributed by atoms with E-state index in [1.54, 1.807) is 21.1 Å². The molecule has 2 aromatic carbocycles. The van der Waals surface area contributed by atoms with Crippen LogP contribution in [0.5, 0.6) is 0 Å². The van der Waals surface area contributed by atoms with Crippen LogP contribution in [0.2, 0.25) is 0 Å². The molecule has 0 radical (unpaired) electrons. The van der Waals surface area contributed by atoms with Gasteiger partial charge in [0.25, 0.3) is 0 Å². The fourth-order valence-corrected chi connectivity index (χ4v) is 4.00. The average Bonchev–Trinajstić information content (AvgIpc) is 3.24. The van der Waals surface area contributed by atoms with Crippen molar-refractivity contribution in [1.82, 2.24) is 15.2 Å². The number of thiazole rings is 1. The van der Waals surface area contributed by atoms with E-state index in [-0.39, 0.29) is 18.5 Å². The molecule has 27 heavy (non-hydrogen) atoms. The zero-order valence-electron chi connectivity index (χ0n) is 15.0. The molecule has 3 aromatic rings. The monoisotopic (exact) mass is 380 g/mol. The number of aryl methyl sites for hydroxylation is 1. The summed E-state index contributed by atoms with van der Waals surface area (Å²) in [5.41, 5.74) is 2.95. The smallest absolute Gasteiger partial charge is 0.325 e. The number of carbonyl (C=O) groups excluding carboxylic acids is 2. The molecule has 1 saturated heterocycles. The maximum atomic E-state index is 12.6. The lowest BCUT2D eigenvalue weighted by molar-refractivity contribution is -0.121. The predicted octanol–water partition coefficient (Wildman–Crippen LogP) is 3.16. The molecule has 1 aromatic heterocycles. The molecule has 6 nitrogen and oxygen atoms in total. The average molecular weight is 380 g/mol. The van der Waals surface area contributed by atoms with Gasteiger partial charge in [0.05, 0.1) is 16.8 Å². The van der Waals surface area contributed by atoms with E-state index in [0.717, 1.165) is 26.5 Å². The van der Waals surface area contributed by atoms with E-state index in [2.05, 4.69) is 10.3 Å². The third-order valence-corrected chi connectivity index (χ3v) is 5.59. The summed E-state index contributed by atoms with van der Waals surface area (Å²) in [6.45, 7) is 3.58. The van der Waals surface area contributed by atoms with Gasteiger partial charge >= 0.3 is 6.03 Å². The van der Waals surface area contributed by atoms with Gasteiger partial charge in [-0.3, -0.25) is 9.69 Å². The van der Waals surface area contributed by atoms with Crippen molar-refractivity contribution in [3.8, 4) is 0 Å². The second-order valence-corrected chi connectivity index (χ2v) is 7.66. The molecule has 2 heterocycles. The number of aromatic nitrogens is 1. The Bertz CT molecular complexity index is 950. The van der Waals surface area contributed by atoms with Crippen molar-refractivity contribution in [3.63, 3.8) is 0 Å². The summed E-state index contributed by atoms with van der Waals surface area (Å²) in [5, 5.41) is 3.73. The first kappa shape index (κ1) is 17.5. The molecule has 0 unspecified atom stereocenters. The SMILES string of the molecule is Cc1ccc(N2CCN(CC(=O)NCc3nc4ccccc4s3)C2=O)cc1. The standard InChI is InChI=1S/C20H20N4O2S/c1-14-6-8-15(9-7-14)24-11-10-23(20(24)26)13-18(25)21-12-19-22-16-4-2-3-5-17(16)27-19/h2-9H,10-13H2,1H3,(H,21,25). The number of carbonyl (C=O) groups is 2. The third kappa shape index (κ3) is 3.78. The molecular formula is C20H20N4O2S. The van der Waals surface area contributed by atoms with Gasteiger partial charge in [0.15, 0.2) is 0 Å². The lowest BCUT2D eigenvalue weighted by atomic mass is 10.2. The number of nitrogens with one attached hydrogen (secondary N) is 1. The van der Waals surface area contributed by atoms with Crippen LogP contribution in [0.4, 0.5) is 10.5 Å². The largest absolute Gasteiger partial charge is 0.348 e. The summed E-state index contributed by atoms with van der Waals surface area (Å²) in [6, 6.07) is 15.6. The van der Waals surface area contributed by atoms with E-state index in [4.69, 9.17) is 0 Å². The number of amides is 3. The zero-order chi connectivity index (χ0) is 18.8. The summed E-state index contributed by atoms with van der Waals surface area (Å²) >= 11 is 1.57. The minimum atomic E-state index is -0.173. The van der Waals surface area contributed by atoms with Gasteiger partial charge in [0, 0.05) is 18.8 Å². The minimum absolute atomic E-state index is 0.0616. The molecule has 0 spiro atoms. The molecule has 1 N–H and O–H groups in total. The molecule has 1 aliphatic heterocycles. The van der Waals surface area contributed by atoms with Gasteiger partial charge < -0.3 is 10.2 Å². The fourth-order valence-electron chi connectivity index (χ4n) is 3.09. The van der Waals surface area contributed by atoms with Crippen LogP contribution in [0.15, 0.2) is 48.5 Å². The van der Waals surface area contributed by atoms with E-state index < -0.39 is 0 Å². The molecule has 3 amide bonds. The number of hydrogen-bond acceptors (Lipinski definition) is 4. The van der Waals surface area contributed by atoms with Gasteiger partial charge in [-0.05, 0) is 31.2 Å². The van der Waals surface area contributed by atoms with Crippen molar-refractivity contribution < 1.29 is 9.59 Å². The lowest BCUT2D eigenvalue weighted by Gasteiger charge is -2.18. The van der Waals surface area contributed by atoms with Crippen LogP contribution in [0.1, 0.15) is 10.6 Å². The van der Waals surface area contributed by atoms with Gasteiger partial charge in [-0.25, -0.2) is 9.78 Å². The molecule has 4 rings (SSSR count). The summed E-state index contributed by atoms with van der Waals surface area (Å²) in [6.07, 6.45) is 0. The molecule has 7 heteroatoms. The van der Waals surface area contributed by atoms with Crippen molar-refractivity contribution in [2.75, 3.05) is 24.5 Å². The first-order chi connectivity index (χ1) is 13.1. The Morgan fingerprint density at radius 2 is 1.93 bits per heavy atom. The van der Waals surface area contributed by atoms with E-state index in [0.29, 0.717) is 19.6 Å². The van der Waals surface area contributed by atoms with Crippen LogP contribution >= 0.6 is 11.3 Å². The van der Waals surface area contributed by atoms with Crippen molar-refractivity contribution in [2.45, 2.75) is 13.5 Å². The Labute approximate surface area is 161 Å². The quantitative estimate of drug-likeness (QED) is 0.739. The summed E-state index contributed by atoms with van der Waals surface area (Å²) in [7, 11) is 0. The van der Waals surface area contributed by atoms with Gasteiger partial charge in [0.1, 0.15) is 11.6 Å². The molecule has 0 saturated carbocycles. The minimum Gasteiger partial charge on any atom is -0.348 e. The summed E-state index contributed by atoms with van der Waals surface area (Å²) < 4.78 is 1.10.